The number of aromatic nitrogens is 2. The van der Waals surface area contributed by atoms with E-state index in [9.17, 15) is 20.0 Å². The van der Waals surface area contributed by atoms with E-state index in [0.29, 0.717) is 33.2 Å². The van der Waals surface area contributed by atoms with E-state index < -0.39 is 28.9 Å². The van der Waals surface area contributed by atoms with Crippen molar-refractivity contribution in [3.8, 4) is 22.9 Å². The molecular weight excluding hydrogens is 446 g/mol. The van der Waals surface area contributed by atoms with Crippen molar-refractivity contribution in [2.45, 2.75) is 39.7 Å². The predicted octanol–water partition coefficient (Wildman–Crippen LogP) is 4.80. The second-order valence-electron chi connectivity index (χ2n) is 8.80. The summed E-state index contributed by atoms with van der Waals surface area (Å²) in [5, 5.41) is 24.0. The number of benzene rings is 1. The van der Waals surface area contributed by atoms with Gasteiger partial charge < -0.3 is 14.4 Å². The molecule has 2 heterocycles. The van der Waals surface area contributed by atoms with Crippen LogP contribution in [0.2, 0.25) is 5.02 Å². The molecule has 8 nitrogen and oxygen atoms in total. The van der Waals surface area contributed by atoms with E-state index in [-0.39, 0.29) is 5.75 Å². The fourth-order valence-corrected chi connectivity index (χ4v) is 4.14. The number of carboxylic acids is 1. The number of hydrogen-bond donors (Lipinski definition) is 1. The summed E-state index contributed by atoms with van der Waals surface area (Å²) in [7, 11) is 1.40. The highest BCUT2D eigenvalue weighted by atomic mass is 35.5. The van der Waals surface area contributed by atoms with E-state index in [4.69, 9.17) is 20.9 Å². The summed E-state index contributed by atoms with van der Waals surface area (Å²) in [6.45, 7) is 7.35. The van der Waals surface area contributed by atoms with Crippen LogP contribution < -0.4 is 10.3 Å². The zero-order valence-corrected chi connectivity index (χ0v) is 19.7. The average Bonchev–Trinajstić information content (AvgIpc) is 3.16. The standard InChI is InChI=1S/C24H24ClN3O5/c1-13-8-18(33-27-13)21(24(2,3)4)22(23(30)31)28-12-19(32-5)17(10-20(28)29)16-9-15(25)7-6-14(16)11-26/h6-10,12,21-22H,1-5H3,(H,30,31). The average molecular weight is 470 g/mol. The number of methoxy groups -OCH3 is 1. The largest absolute Gasteiger partial charge is 0.495 e. The van der Waals surface area contributed by atoms with E-state index in [1.807, 2.05) is 20.8 Å². The monoisotopic (exact) mass is 469 g/mol. The lowest BCUT2D eigenvalue weighted by Crippen LogP contribution is -2.38. The molecule has 0 spiro atoms. The molecule has 0 radical (unpaired) electrons. The first-order valence-corrected chi connectivity index (χ1v) is 10.5. The molecule has 2 atom stereocenters. The molecule has 0 amide bonds. The summed E-state index contributed by atoms with van der Waals surface area (Å²) >= 11 is 6.12. The van der Waals surface area contributed by atoms with Gasteiger partial charge in [-0.1, -0.05) is 37.5 Å². The topological polar surface area (TPSA) is 118 Å². The molecule has 0 saturated heterocycles. The molecule has 2 aromatic heterocycles. The third kappa shape index (κ3) is 4.78. The van der Waals surface area contributed by atoms with Crippen LogP contribution in [0.15, 0.2) is 45.8 Å². The fourth-order valence-electron chi connectivity index (χ4n) is 3.96. The molecule has 172 valence electrons. The molecule has 0 bridgehead atoms. The quantitative estimate of drug-likeness (QED) is 0.550. The van der Waals surface area contributed by atoms with Crippen molar-refractivity contribution in [3.05, 3.63) is 68.9 Å². The third-order valence-electron chi connectivity index (χ3n) is 5.41. The van der Waals surface area contributed by atoms with Crippen molar-refractivity contribution in [3.63, 3.8) is 0 Å². The Kier molecular flexibility index (Phi) is 6.65. The number of nitrogens with zero attached hydrogens (tertiary/aromatic N) is 3. The highest BCUT2D eigenvalue weighted by Gasteiger charge is 2.42. The molecule has 1 N–H and O–H groups in total. The number of halogens is 1. The Balaban J connectivity index is 2.27. The van der Waals surface area contributed by atoms with Crippen molar-refractivity contribution in [2.24, 2.45) is 5.41 Å². The highest BCUT2D eigenvalue weighted by Crippen LogP contribution is 2.44. The summed E-state index contributed by atoms with van der Waals surface area (Å²) in [6.07, 6.45) is 1.35. The van der Waals surface area contributed by atoms with E-state index >= 15 is 0 Å². The minimum atomic E-state index is -1.30. The molecule has 1 aromatic carbocycles. The SMILES string of the molecule is COc1cn(C(C(=O)O)C(c2cc(C)no2)C(C)(C)C)c(=O)cc1-c1cc(Cl)ccc1C#N. The number of aryl methyl sites for hydroxylation is 1. The number of ether oxygens (including phenoxy) is 1. The predicted molar refractivity (Wildman–Crippen MR) is 123 cm³/mol. The molecule has 0 fully saturated rings. The number of carbonyl (C=O) groups is 1. The minimum Gasteiger partial charge on any atom is -0.495 e. The molecule has 33 heavy (non-hydrogen) atoms. The van der Waals surface area contributed by atoms with Gasteiger partial charge in [0.05, 0.1) is 36.6 Å². The van der Waals surface area contributed by atoms with E-state index in [2.05, 4.69) is 11.2 Å². The zero-order valence-electron chi connectivity index (χ0n) is 18.9. The van der Waals surface area contributed by atoms with Crippen molar-refractivity contribution in [2.75, 3.05) is 7.11 Å². The highest BCUT2D eigenvalue weighted by molar-refractivity contribution is 6.31. The number of aliphatic carboxylic acids is 1. The van der Waals surface area contributed by atoms with E-state index in [0.717, 1.165) is 4.57 Å². The Bertz CT molecular complexity index is 1300. The van der Waals surface area contributed by atoms with Crippen molar-refractivity contribution in [1.82, 2.24) is 9.72 Å². The lowest BCUT2D eigenvalue weighted by molar-refractivity contribution is -0.143. The molecule has 0 aliphatic carbocycles. The summed E-state index contributed by atoms with van der Waals surface area (Å²) < 4.78 is 12.0. The molecule has 3 rings (SSSR count). The molecule has 0 aliphatic heterocycles. The second-order valence-corrected chi connectivity index (χ2v) is 9.24. The maximum absolute atomic E-state index is 13.3. The fraction of sp³-hybridized carbons (Fsp3) is 0.333. The number of rotatable bonds is 6. The van der Waals surface area contributed by atoms with Gasteiger partial charge in [-0.25, -0.2) is 4.79 Å². The Hall–Kier alpha value is -3.57. The number of pyridine rings is 1. The van der Waals surface area contributed by atoms with Gasteiger partial charge >= 0.3 is 5.97 Å². The van der Waals surface area contributed by atoms with Crippen LogP contribution in [0.4, 0.5) is 0 Å². The Labute approximate surface area is 196 Å². The first-order valence-electron chi connectivity index (χ1n) is 10.1. The molecule has 0 saturated carbocycles. The first kappa shape index (κ1) is 24.1. The molecule has 3 aromatic rings. The molecule has 0 aliphatic rings. The van der Waals surface area contributed by atoms with Gasteiger partial charge in [0.15, 0.2) is 0 Å². The van der Waals surface area contributed by atoms with Crippen LogP contribution in [-0.4, -0.2) is 27.9 Å². The van der Waals surface area contributed by atoms with Crippen LogP contribution >= 0.6 is 11.6 Å². The van der Waals surface area contributed by atoms with Gasteiger partial charge in [0.2, 0.25) is 0 Å². The van der Waals surface area contributed by atoms with E-state index in [1.165, 1.54) is 19.4 Å². The number of nitriles is 1. The van der Waals surface area contributed by atoms with Crippen LogP contribution in [0.3, 0.4) is 0 Å². The zero-order chi connectivity index (χ0) is 24.5. The second kappa shape index (κ2) is 9.12. The summed E-state index contributed by atoms with van der Waals surface area (Å²) in [5.74, 6) is -1.34. The summed E-state index contributed by atoms with van der Waals surface area (Å²) in [5.41, 5.74) is 0.484. The smallest absolute Gasteiger partial charge is 0.327 e. The van der Waals surface area contributed by atoms with Gasteiger partial charge in [-0.2, -0.15) is 5.26 Å². The van der Waals surface area contributed by atoms with Gasteiger partial charge in [0.25, 0.3) is 5.56 Å². The third-order valence-corrected chi connectivity index (χ3v) is 5.65. The number of carboxylic acid groups (broad SMARTS) is 1. The molecule has 9 heteroatoms. The lowest BCUT2D eigenvalue weighted by Gasteiger charge is -2.34. The minimum absolute atomic E-state index is 0.223. The lowest BCUT2D eigenvalue weighted by atomic mass is 9.74. The maximum atomic E-state index is 13.3. The number of hydrogen-bond acceptors (Lipinski definition) is 6. The van der Waals surface area contributed by atoms with Crippen LogP contribution in [0.1, 0.15) is 49.7 Å². The first-order chi connectivity index (χ1) is 15.5. The van der Waals surface area contributed by atoms with Crippen LogP contribution in [-0.2, 0) is 4.79 Å². The maximum Gasteiger partial charge on any atom is 0.327 e. The summed E-state index contributed by atoms with van der Waals surface area (Å²) in [4.78, 5) is 25.8. The Morgan fingerprint density at radius 3 is 2.48 bits per heavy atom. The van der Waals surface area contributed by atoms with Crippen LogP contribution in [0.25, 0.3) is 11.1 Å². The van der Waals surface area contributed by atoms with Gasteiger partial charge in [0.1, 0.15) is 17.6 Å². The summed E-state index contributed by atoms with van der Waals surface area (Å²) in [6, 6.07) is 8.38. The van der Waals surface area contributed by atoms with Gasteiger partial charge in [-0.05, 0) is 30.5 Å². The van der Waals surface area contributed by atoms with Crippen molar-refractivity contribution in [1.29, 1.82) is 5.26 Å². The van der Waals surface area contributed by atoms with Gasteiger partial charge in [-0.3, -0.25) is 9.36 Å². The van der Waals surface area contributed by atoms with Crippen molar-refractivity contribution >= 4 is 17.6 Å². The van der Waals surface area contributed by atoms with Gasteiger partial charge in [-0.15, -0.1) is 0 Å². The van der Waals surface area contributed by atoms with Crippen LogP contribution in [0.5, 0.6) is 5.75 Å². The van der Waals surface area contributed by atoms with Gasteiger partial charge in [0, 0.05) is 28.3 Å². The normalized spacial score (nSPS) is 13.2. The van der Waals surface area contributed by atoms with Crippen LogP contribution in [0, 0.1) is 23.7 Å². The van der Waals surface area contributed by atoms with E-state index in [1.54, 1.807) is 31.2 Å². The Morgan fingerprint density at radius 1 is 1.27 bits per heavy atom. The van der Waals surface area contributed by atoms with Crippen molar-refractivity contribution < 1.29 is 19.2 Å². The molecule has 2 unspecified atom stereocenters. The Morgan fingerprint density at radius 2 is 1.97 bits per heavy atom. The molecular formula is C24H24ClN3O5.